The van der Waals surface area contributed by atoms with E-state index in [1.807, 2.05) is 61.2 Å². The van der Waals surface area contributed by atoms with Crippen LogP contribution in [0.5, 0.6) is 0 Å². The summed E-state index contributed by atoms with van der Waals surface area (Å²) in [5, 5.41) is 1.26. The number of hydrogen-bond acceptors (Lipinski definition) is 5. The molecule has 0 spiro atoms. The highest BCUT2D eigenvalue weighted by Crippen LogP contribution is 2.37. The Morgan fingerprint density at radius 2 is 0.683 bits per heavy atom. The Labute approximate surface area is 801 Å². The van der Waals surface area contributed by atoms with Crippen molar-refractivity contribution in [3.05, 3.63) is 214 Å². The van der Waals surface area contributed by atoms with Gasteiger partial charge in [-0.3, -0.25) is 9.79 Å². The minimum absolute atomic E-state index is 0. The molecule has 0 amide bonds. The van der Waals surface area contributed by atoms with E-state index in [1.165, 1.54) is 90.0 Å². The molecular formula is C119H218N4OS2. The van der Waals surface area contributed by atoms with Gasteiger partial charge in [0, 0.05) is 105 Å². The lowest BCUT2D eigenvalue weighted by Crippen LogP contribution is -2.21. The van der Waals surface area contributed by atoms with Crippen molar-refractivity contribution < 1.29 is 0 Å². The van der Waals surface area contributed by atoms with E-state index in [9.17, 15) is 4.79 Å². The number of rotatable bonds is 17. The summed E-state index contributed by atoms with van der Waals surface area (Å²) in [6.45, 7) is 88.1. The van der Waals surface area contributed by atoms with Gasteiger partial charge in [0.05, 0.1) is 5.01 Å². The van der Waals surface area contributed by atoms with Crippen LogP contribution in [0.3, 0.4) is 0 Å². The van der Waals surface area contributed by atoms with Crippen molar-refractivity contribution in [2.24, 2.45) is 58.3 Å². The topological polar surface area (TPSA) is 52.2 Å². The molecule has 5 nitrogen and oxygen atoms in total. The highest BCUT2D eigenvalue weighted by Gasteiger charge is 2.25. The number of aliphatic imine (C=N–C) groups is 1. The molecule has 1 fully saturated rings. The molecule has 2 aliphatic rings. The SMILES string of the molecule is C.C.C.C.C.C.C.C.C.C.C.CC(C)C#CC(C)C.CC(C)C#Cc1ccc(C(C)C)cc1.CC(C)C1=CN=C(C(C)C)C1.CC(C)C1CCC(C(C)C)CC1.CC(C)c1ccc(C(C)C)cc1.CC(C)c1ccc(C(C)C)s1.CC(C)c1cccc(C(C)C)c1.CC(C)c1ccn(C(C)C)c(=O)c1.CC(C)c1ccn(C(C)C)c1.CC(C)c1cnc(C(C)C)s1. The molecule has 0 saturated heterocycles. The molecule has 0 radical (unpaired) electrons. The number of hydrogen-bond donors (Lipinski definition) is 0. The van der Waals surface area contributed by atoms with Gasteiger partial charge in [0.25, 0.3) is 5.56 Å². The monoisotopic (exact) mass is 1780 g/mol. The van der Waals surface area contributed by atoms with Gasteiger partial charge in [-0.1, -0.05) is 403 Å². The maximum atomic E-state index is 11.5. The number of thiophene rings is 1. The minimum Gasteiger partial charge on any atom is -0.352 e. The lowest BCUT2D eigenvalue weighted by Gasteiger charge is -2.32. The van der Waals surface area contributed by atoms with Crippen LogP contribution in [0.1, 0.15) is 532 Å². The smallest absolute Gasteiger partial charge is 0.251 e. The third-order valence-corrected chi connectivity index (χ3v) is 24.0. The van der Waals surface area contributed by atoms with E-state index in [0.29, 0.717) is 101 Å². The fourth-order valence-corrected chi connectivity index (χ4v) is 13.9. The van der Waals surface area contributed by atoms with Gasteiger partial charge < -0.3 is 9.13 Å². The van der Waals surface area contributed by atoms with Gasteiger partial charge in [0.1, 0.15) is 0 Å². The molecule has 126 heavy (non-hydrogen) atoms. The Balaban J connectivity index is -0.000000114. The summed E-state index contributed by atoms with van der Waals surface area (Å²) in [4.78, 5) is 24.7. The Morgan fingerprint density at radius 1 is 0.333 bits per heavy atom. The molecule has 3 aromatic carbocycles. The van der Waals surface area contributed by atoms with Crippen molar-refractivity contribution in [1.29, 1.82) is 0 Å². The fraction of sp³-hybridized carbons (Fsp3) is 0.655. The van der Waals surface area contributed by atoms with Crippen molar-refractivity contribution in [3.8, 4) is 23.7 Å². The van der Waals surface area contributed by atoms with Crippen LogP contribution in [0.15, 0.2) is 149 Å². The second kappa shape index (κ2) is 77.5. The third-order valence-electron chi connectivity index (χ3n) is 20.7. The summed E-state index contributed by atoms with van der Waals surface area (Å²) in [6, 6.07) is 37.6. The second-order valence-corrected chi connectivity index (χ2v) is 40.5. The molecule has 5 heterocycles. The molecule has 4 aromatic heterocycles. The number of benzene rings is 3. The molecule has 732 valence electrons. The van der Waals surface area contributed by atoms with Crippen LogP contribution in [-0.2, 0) is 0 Å². The van der Waals surface area contributed by atoms with E-state index in [0.717, 1.165) is 41.2 Å². The molecule has 0 bridgehead atoms. The van der Waals surface area contributed by atoms with Crippen LogP contribution < -0.4 is 5.56 Å². The number of pyridine rings is 1. The van der Waals surface area contributed by atoms with Gasteiger partial charge in [-0.2, -0.15) is 0 Å². The van der Waals surface area contributed by atoms with Crippen molar-refractivity contribution in [2.45, 2.75) is 468 Å². The van der Waals surface area contributed by atoms with Gasteiger partial charge >= 0.3 is 0 Å². The molecule has 9 rings (SSSR count). The quantitative estimate of drug-likeness (QED) is 0.0853. The van der Waals surface area contributed by atoms with E-state index in [2.05, 4.69) is 405 Å². The van der Waals surface area contributed by atoms with Crippen molar-refractivity contribution in [1.82, 2.24) is 14.1 Å². The predicted octanol–water partition coefficient (Wildman–Crippen LogP) is 41.2. The first-order valence-corrected chi connectivity index (χ1v) is 46.7. The lowest BCUT2D eigenvalue weighted by molar-refractivity contribution is 0.189. The Kier molecular flexibility index (Phi) is 89.5. The second-order valence-electron chi connectivity index (χ2n) is 38.3. The maximum absolute atomic E-state index is 11.5. The van der Waals surface area contributed by atoms with E-state index >= 15 is 0 Å². The zero-order valence-corrected chi connectivity index (χ0v) is 83.1. The summed E-state index contributed by atoms with van der Waals surface area (Å²) in [5.74, 6) is 26.0. The van der Waals surface area contributed by atoms with Crippen LogP contribution in [0.4, 0.5) is 0 Å². The summed E-state index contributed by atoms with van der Waals surface area (Å²) in [5.41, 5.74) is 13.7. The molecule has 7 heteroatoms. The molecule has 0 unspecified atom stereocenters. The summed E-state index contributed by atoms with van der Waals surface area (Å²) in [6.07, 6.45) is 17.4. The first-order valence-electron chi connectivity index (χ1n) is 45.0. The molecule has 0 atom stereocenters. The van der Waals surface area contributed by atoms with Crippen molar-refractivity contribution in [2.75, 3.05) is 0 Å². The van der Waals surface area contributed by atoms with Crippen LogP contribution in [0.25, 0.3) is 0 Å². The average Bonchev–Trinajstić information content (AvgIpc) is 1.64. The number of aromatic nitrogens is 3. The lowest BCUT2D eigenvalue weighted by atomic mass is 9.73. The molecule has 1 aliphatic carbocycles. The number of nitrogens with zero attached hydrogens (tertiary/aromatic N) is 4. The van der Waals surface area contributed by atoms with Crippen LogP contribution >= 0.6 is 22.7 Å². The largest absolute Gasteiger partial charge is 0.352 e. The first-order chi connectivity index (χ1) is 53.5. The van der Waals surface area contributed by atoms with Crippen LogP contribution in [0, 0.1) is 76.9 Å². The van der Waals surface area contributed by atoms with Gasteiger partial charge in [-0.25, -0.2) is 4.98 Å². The van der Waals surface area contributed by atoms with Gasteiger partial charge in [0.15, 0.2) is 0 Å². The Hall–Kier alpha value is -6.25. The predicted molar refractivity (Wildman–Crippen MR) is 595 cm³/mol. The zero-order valence-electron chi connectivity index (χ0n) is 81.5. The fourth-order valence-electron chi connectivity index (χ4n) is 11.9. The minimum atomic E-state index is 0. The van der Waals surface area contributed by atoms with E-state index in [4.69, 9.17) is 0 Å². The molecule has 0 N–H and O–H groups in total. The zero-order chi connectivity index (χ0) is 88.3. The number of allylic oxidation sites excluding steroid dienone is 1. The summed E-state index contributed by atoms with van der Waals surface area (Å²) < 4.78 is 3.99. The standard InChI is InChI=1S/C14H18.C12H24.2C12H18.C11H17NO.2C10H17N.C10H16S.C9H15NS.C8H14.11CH4/c1-11(2)5-6-13-7-9-14(10-8-13)12(3)4;2*1-9(2)11-5-7-12(8-6-11)10(3)4;1-9(2)11-6-5-7-12(8-11)10(3)4;1-8(2)10-5-6-12(9(3)4)11(13)7-10;1-7(2)9-5-10(8(3)4)11-6-9;1-8(2)10-5-6-11(7-10)9(3)4;1-7(2)9-5-6-10(11-9)8(3)4;1-6(2)8-5-10-9(11-8)7(3)4;1-7(2)5-6-8(3)4;;;;;;;;;;;/h7-12H,1-4H3;9-12H,5-8H2,1-4H3;2*5-10H,1-4H3;5-9H,1-4H3;6-8H,5H2,1-4H3;5-9H,1-4H3;5-8H,1-4H3;5-7H,1-4H3;7-8H,1-4H3;11*1H4. The Bertz CT molecular complexity index is 3630. The van der Waals surface area contributed by atoms with Crippen LogP contribution in [0.2, 0.25) is 0 Å². The highest BCUT2D eigenvalue weighted by molar-refractivity contribution is 7.12. The molecular weight excluding hydrogens is 1570 g/mol. The van der Waals surface area contributed by atoms with Crippen molar-refractivity contribution in [3.63, 3.8) is 0 Å². The summed E-state index contributed by atoms with van der Waals surface area (Å²) in [7, 11) is 0. The first kappa shape index (κ1) is 145. The highest BCUT2D eigenvalue weighted by atomic mass is 32.1. The van der Waals surface area contributed by atoms with E-state index in [1.54, 1.807) is 10.6 Å². The van der Waals surface area contributed by atoms with Gasteiger partial charge in [-0.05, 0) is 229 Å². The van der Waals surface area contributed by atoms with Crippen molar-refractivity contribution >= 4 is 28.4 Å². The third kappa shape index (κ3) is 62.1. The maximum Gasteiger partial charge on any atom is 0.251 e. The Morgan fingerprint density at radius 3 is 0.921 bits per heavy atom. The van der Waals surface area contributed by atoms with Crippen LogP contribution in [-0.4, -0.2) is 19.8 Å². The molecule has 7 aromatic rings. The van der Waals surface area contributed by atoms with Gasteiger partial charge in [0.2, 0.25) is 0 Å². The average molecular weight is 1790 g/mol. The number of thiazole rings is 1. The van der Waals surface area contributed by atoms with E-state index in [-0.39, 0.29) is 93.3 Å². The molecule has 1 saturated carbocycles. The normalized spacial score (nSPS) is 12.5. The molecule has 1 aliphatic heterocycles. The summed E-state index contributed by atoms with van der Waals surface area (Å²) >= 11 is 3.79. The van der Waals surface area contributed by atoms with Gasteiger partial charge in [-0.15, -0.1) is 34.5 Å². The van der Waals surface area contributed by atoms with E-state index < -0.39 is 0 Å².